The topological polar surface area (TPSA) is 34.2 Å². The van der Waals surface area contributed by atoms with Gasteiger partial charge in [0.2, 0.25) is 0 Å². The fraction of sp³-hybridized carbons (Fsp3) is 0.312. The molecule has 3 aromatic heterocycles. The summed E-state index contributed by atoms with van der Waals surface area (Å²) in [5, 5.41) is 5.52. The van der Waals surface area contributed by atoms with E-state index in [2.05, 4.69) is 33.9 Å². The molecule has 3 nitrogen and oxygen atoms in total. The summed E-state index contributed by atoms with van der Waals surface area (Å²) >= 11 is 3.62. The van der Waals surface area contributed by atoms with Crippen LogP contribution in [0.15, 0.2) is 36.0 Å². The van der Waals surface area contributed by atoms with Crippen LogP contribution in [0.5, 0.6) is 5.75 Å². The maximum Gasteiger partial charge on any atom is 0.138 e. The number of aromatic nitrogens is 1. The molecule has 5 heteroatoms. The highest BCUT2D eigenvalue weighted by Gasteiger charge is 2.16. The number of hydrogen-bond donors (Lipinski definition) is 1. The third-order valence-electron chi connectivity index (χ3n) is 3.17. The third kappa shape index (κ3) is 3.10. The van der Waals surface area contributed by atoms with Crippen molar-refractivity contribution in [1.82, 2.24) is 10.3 Å². The van der Waals surface area contributed by atoms with E-state index >= 15 is 0 Å². The molecule has 0 fully saturated rings. The van der Waals surface area contributed by atoms with Crippen molar-refractivity contribution in [3.8, 4) is 5.75 Å². The summed E-state index contributed by atoms with van der Waals surface area (Å²) in [6.45, 7) is 4.05. The lowest BCUT2D eigenvalue weighted by atomic mass is 10.1. The van der Waals surface area contributed by atoms with Gasteiger partial charge in [-0.3, -0.25) is 4.98 Å². The monoisotopic (exact) mass is 318 g/mol. The van der Waals surface area contributed by atoms with Crippen LogP contribution in [0.3, 0.4) is 0 Å². The maximum absolute atomic E-state index is 5.74. The van der Waals surface area contributed by atoms with Gasteiger partial charge in [-0.05, 0) is 50.0 Å². The van der Waals surface area contributed by atoms with Crippen LogP contribution in [0.4, 0.5) is 0 Å². The lowest BCUT2D eigenvalue weighted by molar-refractivity contribution is 0.241. The van der Waals surface area contributed by atoms with E-state index in [1.54, 1.807) is 17.5 Å². The summed E-state index contributed by atoms with van der Waals surface area (Å²) in [4.78, 5) is 5.62. The first kappa shape index (κ1) is 14.5. The molecule has 0 aliphatic rings. The first-order valence-electron chi connectivity index (χ1n) is 6.93. The number of pyridine rings is 1. The highest BCUT2D eigenvalue weighted by atomic mass is 32.1. The van der Waals surface area contributed by atoms with Gasteiger partial charge in [0.15, 0.2) is 0 Å². The number of rotatable bonds is 5. The molecule has 1 N–H and O–H groups in total. The molecule has 3 rings (SSSR count). The third-order valence-corrected chi connectivity index (χ3v) is 5.33. The van der Waals surface area contributed by atoms with Crippen molar-refractivity contribution in [2.75, 3.05) is 7.05 Å². The molecule has 1 atom stereocenters. The predicted molar refractivity (Wildman–Crippen MR) is 90.6 cm³/mol. The number of hydrogen-bond acceptors (Lipinski definition) is 5. The highest BCUT2D eigenvalue weighted by Crippen LogP contribution is 2.36. The number of fused-ring (bicyclic) bond motifs is 1. The van der Waals surface area contributed by atoms with Gasteiger partial charge < -0.3 is 10.1 Å². The Kier molecular flexibility index (Phi) is 4.24. The Morgan fingerprint density at radius 3 is 2.76 bits per heavy atom. The van der Waals surface area contributed by atoms with Gasteiger partial charge in [-0.25, -0.2) is 0 Å². The van der Waals surface area contributed by atoms with Gasteiger partial charge in [0, 0.05) is 20.5 Å². The smallest absolute Gasteiger partial charge is 0.138 e. The zero-order valence-electron chi connectivity index (χ0n) is 12.3. The predicted octanol–water partition coefficient (Wildman–Crippen LogP) is 4.45. The molecule has 3 heterocycles. The van der Waals surface area contributed by atoms with Crippen molar-refractivity contribution in [2.24, 2.45) is 0 Å². The number of nitrogens with zero attached hydrogens (tertiary/aromatic N) is 1. The minimum atomic E-state index is 0.151. The summed E-state index contributed by atoms with van der Waals surface area (Å²) in [5.41, 5.74) is 1.13. The molecule has 0 saturated heterocycles. The van der Waals surface area contributed by atoms with Crippen LogP contribution in [0.1, 0.15) is 30.3 Å². The van der Waals surface area contributed by atoms with Crippen molar-refractivity contribution in [3.05, 3.63) is 46.4 Å². The van der Waals surface area contributed by atoms with E-state index in [1.165, 1.54) is 14.3 Å². The van der Waals surface area contributed by atoms with Crippen LogP contribution in [0.2, 0.25) is 0 Å². The second-order valence-electron chi connectivity index (χ2n) is 5.14. The number of ether oxygens (including phenoxy) is 1. The van der Waals surface area contributed by atoms with Gasteiger partial charge in [-0.1, -0.05) is 0 Å². The van der Waals surface area contributed by atoms with E-state index < -0.39 is 0 Å². The maximum atomic E-state index is 5.74. The molecular formula is C16H18N2OS2. The fourth-order valence-electron chi connectivity index (χ4n) is 2.33. The Hall–Kier alpha value is -1.43. The average Bonchev–Trinajstić information content (AvgIpc) is 3.00. The van der Waals surface area contributed by atoms with Crippen LogP contribution in [0, 0.1) is 0 Å². The van der Waals surface area contributed by atoms with E-state index in [0.717, 1.165) is 11.3 Å². The van der Waals surface area contributed by atoms with Crippen molar-refractivity contribution < 1.29 is 4.74 Å². The van der Waals surface area contributed by atoms with Gasteiger partial charge in [0.1, 0.15) is 5.75 Å². The normalized spacial score (nSPS) is 13.0. The Labute approximate surface area is 132 Å². The molecule has 0 spiro atoms. The summed E-state index contributed by atoms with van der Waals surface area (Å²) in [7, 11) is 1.98. The minimum Gasteiger partial charge on any atom is -0.489 e. The molecule has 110 valence electrons. The largest absolute Gasteiger partial charge is 0.489 e. The Morgan fingerprint density at radius 2 is 2.05 bits per heavy atom. The molecule has 0 aromatic carbocycles. The van der Waals surface area contributed by atoms with E-state index in [0.29, 0.717) is 0 Å². The zero-order chi connectivity index (χ0) is 14.8. The molecular weight excluding hydrogens is 300 g/mol. The molecule has 1 unspecified atom stereocenters. The molecule has 0 bridgehead atoms. The standard InChI is InChI=1S/C16H18N2OS2/c1-10(2)19-12-6-11(8-18-9-12)16(17-3)15-7-14-13(21-15)4-5-20-14/h4-10,16-17H,1-3H3. The van der Waals surface area contributed by atoms with Gasteiger partial charge >= 0.3 is 0 Å². The van der Waals surface area contributed by atoms with E-state index in [1.807, 2.05) is 38.4 Å². The molecule has 21 heavy (non-hydrogen) atoms. The molecule has 3 aromatic rings. The second kappa shape index (κ2) is 6.13. The Balaban J connectivity index is 1.93. The Bertz CT molecular complexity index is 704. The van der Waals surface area contributed by atoms with Gasteiger partial charge in [-0.2, -0.15) is 0 Å². The second-order valence-corrected chi connectivity index (χ2v) is 7.20. The molecule has 0 aliphatic heterocycles. The van der Waals surface area contributed by atoms with Crippen LogP contribution in [-0.2, 0) is 0 Å². The van der Waals surface area contributed by atoms with E-state index in [4.69, 9.17) is 4.74 Å². The van der Waals surface area contributed by atoms with E-state index in [9.17, 15) is 0 Å². The van der Waals surface area contributed by atoms with Crippen LogP contribution in [0.25, 0.3) is 9.40 Å². The zero-order valence-corrected chi connectivity index (χ0v) is 13.9. The van der Waals surface area contributed by atoms with Crippen LogP contribution < -0.4 is 10.1 Å². The van der Waals surface area contributed by atoms with Crippen LogP contribution in [-0.4, -0.2) is 18.1 Å². The summed E-state index contributed by atoms with van der Waals surface area (Å²) in [6, 6.07) is 6.67. The van der Waals surface area contributed by atoms with Crippen molar-refractivity contribution in [1.29, 1.82) is 0 Å². The van der Waals surface area contributed by atoms with Gasteiger partial charge in [0.05, 0.1) is 18.3 Å². The van der Waals surface area contributed by atoms with Crippen molar-refractivity contribution >= 4 is 32.1 Å². The van der Waals surface area contributed by atoms with Crippen molar-refractivity contribution in [2.45, 2.75) is 26.0 Å². The summed E-state index contributed by atoms with van der Waals surface area (Å²) < 4.78 is 8.43. The summed E-state index contributed by atoms with van der Waals surface area (Å²) in [6.07, 6.45) is 3.83. The number of thiophene rings is 2. The lowest BCUT2D eigenvalue weighted by Gasteiger charge is -2.16. The highest BCUT2D eigenvalue weighted by molar-refractivity contribution is 7.27. The first-order valence-corrected chi connectivity index (χ1v) is 8.63. The Morgan fingerprint density at radius 1 is 1.19 bits per heavy atom. The SMILES string of the molecule is CNC(c1cncc(OC(C)C)c1)c1cc2sccc2s1. The molecule has 0 saturated carbocycles. The average molecular weight is 318 g/mol. The number of nitrogens with one attached hydrogen (secondary N) is 1. The molecule has 0 amide bonds. The molecule has 0 aliphatic carbocycles. The molecule has 0 radical (unpaired) electrons. The fourth-order valence-corrected chi connectivity index (χ4v) is 4.59. The van der Waals surface area contributed by atoms with Crippen molar-refractivity contribution in [3.63, 3.8) is 0 Å². The minimum absolute atomic E-state index is 0.151. The van der Waals surface area contributed by atoms with Crippen LogP contribution >= 0.6 is 22.7 Å². The first-order chi connectivity index (χ1) is 10.2. The lowest BCUT2D eigenvalue weighted by Crippen LogP contribution is -2.17. The quantitative estimate of drug-likeness (QED) is 0.754. The van der Waals surface area contributed by atoms with Gasteiger partial charge in [-0.15, -0.1) is 22.7 Å². The van der Waals surface area contributed by atoms with Gasteiger partial charge in [0.25, 0.3) is 0 Å². The van der Waals surface area contributed by atoms with E-state index in [-0.39, 0.29) is 12.1 Å². The summed E-state index contributed by atoms with van der Waals surface area (Å²) in [5.74, 6) is 0.820.